The van der Waals surface area contributed by atoms with Crippen molar-refractivity contribution in [2.45, 2.75) is 25.3 Å². The van der Waals surface area contributed by atoms with Crippen molar-refractivity contribution >= 4 is 35.2 Å². The van der Waals surface area contributed by atoms with E-state index in [4.69, 9.17) is 11.6 Å². The summed E-state index contributed by atoms with van der Waals surface area (Å²) in [4.78, 5) is 26.8. The van der Waals surface area contributed by atoms with Crippen LogP contribution in [0.3, 0.4) is 0 Å². The smallest absolute Gasteiger partial charge is 0.253 e. The second kappa shape index (κ2) is 8.44. The molecule has 0 spiro atoms. The molecule has 0 unspecified atom stereocenters. The molecule has 0 aromatic heterocycles. The summed E-state index contributed by atoms with van der Waals surface area (Å²) in [6.45, 7) is 1.58. The number of amides is 2. The van der Waals surface area contributed by atoms with Crippen LogP contribution in [0.4, 0.5) is 0 Å². The van der Waals surface area contributed by atoms with E-state index >= 15 is 0 Å². The second-order valence-corrected chi connectivity index (χ2v) is 6.71. The maximum atomic E-state index is 12.6. The molecule has 2 amide bonds. The van der Waals surface area contributed by atoms with E-state index in [1.165, 1.54) is 0 Å². The summed E-state index contributed by atoms with van der Waals surface area (Å²) in [6.07, 6.45) is 4.71. The van der Waals surface area contributed by atoms with Crippen LogP contribution in [0.15, 0.2) is 24.3 Å². The molecule has 1 fully saturated rings. The number of halogens is 1. The summed E-state index contributed by atoms with van der Waals surface area (Å²) in [5.41, 5.74) is 0.410. The van der Waals surface area contributed by atoms with Gasteiger partial charge < -0.3 is 10.2 Å². The van der Waals surface area contributed by atoms with Crippen molar-refractivity contribution < 1.29 is 9.59 Å². The molecule has 0 bridgehead atoms. The number of likely N-dealkylation sites (tertiary alicyclic amines) is 1. The summed E-state index contributed by atoms with van der Waals surface area (Å²) in [5.74, 6) is 0.559. The van der Waals surface area contributed by atoms with E-state index < -0.39 is 6.04 Å². The highest BCUT2D eigenvalue weighted by Gasteiger charge is 2.28. The third kappa shape index (κ3) is 4.40. The second-order valence-electron chi connectivity index (χ2n) is 5.32. The van der Waals surface area contributed by atoms with Gasteiger partial charge in [-0.2, -0.15) is 11.8 Å². The van der Waals surface area contributed by atoms with Crippen molar-refractivity contribution in [1.29, 1.82) is 0 Å². The van der Waals surface area contributed by atoms with Crippen molar-refractivity contribution in [2.24, 2.45) is 0 Å². The van der Waals surface area contributed by atoms with E-state index in [1.54, 1.807) is 36.0 Å². The van der Waals surface area contributed by atoms with Gasteiger partial charge in [0.25, 0.3) is 5.91 Å². The molecular weight excluding hydrogens is 320 g/mol. The normalized spacial score (nSPS) is 15.6. The first-order valence-corrected chi connectivity index (χ1v) is 9.23. The molecule has 0 radical (unpaired) electrons. The number of hydrogen-bond donors (Lipinski definition) is 1. The van der Waals surface area contributed by atoms with Crippen molar-refractivity contribution in [1.82, 2.24) is 10.2 Å². The Morgan fingerprint density at radius 2 is 2.00 bits per heavy atom. The van der Waals surface area contributed by atoms with Gasteiger partial charge in [0.05, 0.1) is 10.6 Å². The first-order chi connectivity index (χ1) is 10.6. The first-order valence-electron chi connectivity index (χ1n) is 7.46. The van der Waals surface area contributed by atoms with Crippen molar-refractivity contribution in [3.63, 3.8) is 0 Å². The zero-order chi connectivity index (χ0) is 15.9. The molecule has 0 saturated carbocycles. The Balaban J connectivity index is 2.07. The largest absolute Gasteiger partial charge is 0.341 e. The Hall–Kier alpha value is -1.20. The Morgan fingerprint density at radius 3 is 2.64 bits per heavy atom. The minimum atomic E-state index is -0.477. The predicted molar refractivity (Wildman–Crippen MR) is 91.5 cm³/mol. The van der Waals surface area contributed by atoms with Crippen LogP contribution in [0.2, 0.25) is 5.02 Å². The minimum absolute atomic E-state index is 0.0203. The molecule has 1 heterocycles. The van der Waals surface area contributed by atoms with Gasteiger partial charge in [-0.1, -0.05) is 23.7 Å². The molecule has 1 aliphatic rings. The third-order valence-electron chi connectivity index (χ3n) is 3.75. The van der Waals surface area contributed by atoms with Gasteiger partial charge in [-0.05, 0) is 43.4 Å². The van der Waals surface area contributed by atoms with Crippen LogP contribution in [0.25, 0.3) is 0 Å². The fourth-order valence-electron chi connectivity index (χ4n) is 2.53. The van der Waals surface area contributed by atoms with Crippen LogP contribution in [-0.2, 0) is 4.79 Å². The number of rotatable bonds is 6. The van der Waals surface area contributed by atoms with Gasteiger partial charge in [-0.3, -0.25) is 9.59 Å². The van der Waals surface area contributed by atoms with Crippen LogP contribution in [0.5, 0.6) is 0 Å². The Labute approximate surface area is 140 Å². The van der Waals surface area contributed by atoms with Crippen molar-refractivity contribution in [2.75, 3.05) is 25.1 Å². The highest BCUT2D eigenvalue weighted by molar-refractivity contribution is 7.98. The highest BCUT2D eigenvalue weighted by Crippen LogP contribution is 2.16. The Bertz CT molecular complexity index is 533. The SMILES string of the molecule is CSCC[C@H](NC(=O)c1ccccc1Cl)C(=O)N1CCCC1. The zero-order valence-corrected chi connectivity index (χ0v) is 14.3. The number of nitrogens with one attached hydrogen (secondary N) is 1. The summed E-state index contributed by atoms with van der Waals surface area (Å²) < 4.78 is 0. The van der Waals surface area contributed by atoms with E-state index in [0.717, 1.165) is 31.7 Å². The van der Waals surface area contributed by atoms with E-state index in [0.29, 0.717) is 17.0 Å². The maximum Gasteiger partial charge on any atom is 0.253 e. The molecule has 2 rings (SSSR count). The van der Waals surface area contributed by atoms with E-state index in [9.17, 15) is 9.59 Å². The topological polar surface area (TPSA) is 49.4 Å². The van der Waals surface area contributed by atoms with E-state index in [-0.39, 0.29) is 11.8 Å². The van der Waals surface area contributed by atoms with Crippen LogP contribution in [-0.4, -0.2) is 47.9 Å². The molecule has 1 aliphatic heterocycles. The number of benzene rings is 1. The standard InChI is InChI=1S/C16H21ClN2O2S/c1-22-11-8-14(16(21)19-9-4-5-10-19)18-15(20)12-6-2-3-7-13(12)17/h2-3,6-7,14H,4-5,8-11H2,1H3,(H,18,20)/t14-/m0/s1. The van der Waals surface area contributed by atoms with Gasteiger partial charge in [0, 0.05) is 13.1 Å². The molecule has 1 N–H and O–H groups in total. The molecule has 4 nitrogen and oxygen atoms in total. The number of thioether (sulfide) groups is 1. The number of carbonyl (C=O) groups is 2. The van der Waals surface area contributed by atoms with Crippen molar-refractivity contribution in [3.05, 3.63) is 34.9 Å². The number of carbonyl (C=O) groups excluding carboxylic acids is 2. The Morgan fingerprint density at radius 1 is 1.32 bits per heavy atom. The maximum absolute atomic E-state index is 12.6. The number of nitrogens with zero attached hydrogens (tertiary/aromatic N) is 1. The van der Waals surface area contributed by atoms with Crippen LogP contribution in [0.1, 0.15) is 29.6 Å². The Kier molecular flexibility index (Phi) is 6.58. The molecule has 1 saturated heterocycles. The summed E-state index contributed by atoms with van der Waals surface area (Å²) in [5, 5.41) is 3.26. The fourth-order valence-corrected chi connectivity index (χ4v) is 3.23. The lowest BCUT2D eigenvalue weighted by molar-refractivity contribution is -0.132. The molecule has 22 heavy (non-hydrogen) atoms. The average Bonchev–Trinajstić information content (AvgIpc) is 3.05. The average molecular weight is 341 g/mol. The van der Waals surface area contributed by atoms with Gasteiger partial charge in [-0.15, -0.1) is 0 Å². The predicted octanol–water partition coefficient (Wildman–Crippen LogP) is 2.81. The minimum Gasteiger partial charge on any atom is -0.341 e. The molecular formula is C16H21ClN2O2S. The first kappa shape index (κ1) is 17.2. The monoisotopic (exact) mass is 340 g/mol. The summed E-state index contributed by atoms with van der Waals surface area (Å²) in [6, 6.07) is 6.41. The van der Waals surface area contributed by atoms with Gasteiger partial charge in [-0.25, -0.2) is 0 Å². The lowest BCUT2D eigenvalue weighted by atomic mass is 10.1. The van der Waals surface area contributed by atoms with Crippen LogP contribution >= 0.6 is 23.4 Å². The molecule has 1 atom stereocenters. The lowest BCUT2D eigenvalue weighted by Crippen LogP contribution is -2.48. The van der Waals surface area contributed by atoms with Gasteiger partial charge in [0.2, 0.25) is 5.91 Å². The quantitative estimate of drug-likeness (QED) is 0.866. The molecule has 1 aromatic rings. The molecule has 6 heteroatoms. The van der Waals surface area contributed by atoms with E-state index in [1.807, 2.05) is 11.2 Å². The molecule has 1 aromatic carbocycles. The van der Waals surface area contributed by atoms with Gasteiger partial charge in [0.1, 0.15) is 6.04 Å². The van der Waals surface area contributed by atoms with Crippen LogP contribution in [0, 0.1) is 0 Å². The fraction of sp³-hybridized carbons (Fsp3) is 0.500. The van der Waals surface area contributed by atoms with Crippen molar-refractivity contribution in [3.8, 4) is 0 Å². The van der Waals surface area contributed by atoms with E-state index in [2.05, 4.69) is 5.32 Å². The third-order valence-corrected chi connectivity index (χ3v) is 4.72. The van der Waals surface area contributed by atoms with Gasteiger partial charge >= 0.3 is 0 Å². The lowest BCUT2D eigenvalue weighted by Gasteiger charge is -2.24. The molecule has 120 valence electrons. The molecule has 0 aliphatic carbocycles. The summed E-state index contributed by atoms with van der Waals surface area (Å²) >= 11 is 7.72. The number of hydrogen-bond acceptors (Lipinski definition) is 3. The summed E-state index contributed by atoms with van der Waals surface area (Å²) in [7, 11) is 0. The van der Waals surface area contributed by atoms with Gasteiger partial charge in [0.15, 0.2) is 0 Å². The van der Waals surface area contributed by atoms with Crippen LogP contribution < -0.4 is 5.32 Å². The highest BCUT2D eigenvalue weighted by atomic mass is 35.5. The zero-order valence-electron chi connectivity index (χ0n) is 12.7.